The van der Waals surface area contributed by atoms with E-state index < -0.39 is 5.63 Å². The molecule has 5 heteroatoms. The van der Waals surface area contributed by atoms with Crippen molar-refractivity contribution in [3.63, 3.8) is 0 Å². The van der Waals surface area contributed by atoms with Crippen molar-refractivity contribution in [1.82, 2.24) is 4.98 Å². The second kappa shape index (κ2) is 5.81. The van der Waals surface area contributed by atoms with Gasteiger partial charge in [-0.3, -0.25) is 4.98 Å². The number of hydrogen-bond donors (Lipinski definition) is 1. The predicted molar refractivity (Wildman–Crippen MR) is 85.5 cm³/mol. The van der Waals surface area contributed by atoms with E-state index in [-0.39, 0.29) is 16.4 Å². The van der Waals surface area contributed by atoms with Gasteiger partial charge in [0, 0.05) is 22.8 Å². The molecule has 0 saturated carbocycles. The van der Waals surface area contributed by atoms with Gasteiger partial charge < -0.3 is 9.52 Å². The summed E-state index contributed by atoms with van der Waals surface area (Å²) in [5.41, 5.74) is 2.50. The highest BCUT2D eigenvalue weighted by atomic mass is 35.5. The fourth-order valence-electron chi connectivity index (χ4n) is 2.46. The third kappa shape index (κ3) is 2.83. The maximum atomic E-state index is 11.7. The molecule has 0 unspecified atom stereocenters. The van der Waals surface area contributed by atoms with E-state index in [1.807, 2.05) is 25.1 Å². The Balaban J connectivity index is 2.00. The first kappa shape index (κ1) is 14.6. The van der Waals surface area contributed by atoms with Crippen molar-refractivity contribution in [3.8, 4) is 5.75 Å². The van der Waals surface area contributed by atoms with Crippen LogP contribution in [0.3, 0.4) is 0 Å². The van der Waals surface area contributed by atoms with Crippen molar-refractivity contribution in [2.45, 2.75) is 19.8 Å². The van der Waals surface area contributed by atoms with E-state index in [0.717, 1.165) is 22.3 Å². The van der Waals surface area contributed by atoms with Crippen molar-refractivity contribution in [2.75, 3.05) is 0 Å². The summed E-state index contributed by atoms with van der Waals surface area (Å²) in [5.74, 6) is -0.102. The molecule has 2 aromatic heterocycles. The van der Waals surface area contributed by atoms with Crippen LogP contribution in [0.2, 0.25) is 5.02 Å². The van der Waals surface area contributed by atoms with Crippen LogP contribution >= 0.6 is 11.6 Å². The molecule has 4 nitrogen and oxygen atoms in total. The minimum atomic E-state index is -0.479. The summed E-state index contributed by atoms with van der Waals surface area (Å²) >= 11 is 6.01. The zero-order chi connectivity index (χ0) is 15.7. The van der Waals surface area contributed by atoms with Crippen molar-refractivity contribution < 1.29 is 9.52 Å². The smallest absolute Gasteiger partial charge is 0.336 e. The fraction of sp³-hybridized carbons (Fsp3) is 0.176. The van der Waals surface area contributed by atoms with Gasteiger partial charge in [0.15, 0.2) is 5.58 Å². The molecule has 0 aliphatic heterocycles. The molecule has 3 rings (SSSR count). The minimum absolute atomic E-state index is 0.0603. The third-order valence-electron chi connectivity index (χ3n) is 3.51. The lowest BCUT2D eigenvalue weighted by Crippen LogP contribution is -2.03. The number of halogens is 1. The number of aryl methyl sites for hydroxylation is 3. The summed E-state index contributed by atoms with van der Waals surface area (Å²) < 4.78 is 5.12. The largest absolute Gasteiger partial charge is 0.506 e. The van der Waals surface area contributed by atoms with Gasteiger partial charge in [0.1, 0.15) is 10.8 Å². The van der Waals surface area contributed by atoms with Crippen molar-refractivity contribution in [3.05, 3.63) is 68.8 Å². The van der Waals surface area contributed by atoms with Gasteiger partial charge in [0.05, 0.1) is 0 Å². The Bertz CT molecular complexity index is 902. The minimum Gasteiger partial charge on any atom is -0.506 e. The number of aromatic nitrogens is 1. The lowest BCUT2D eigenvalue weighted by Gasteiger charge is -2.07. The number of pyridine rings is 1. The zero-order valence-electron chi connectivity index (χ0n) is 12.0. The van der Waals surface area contributed by atoms with Crippen molar-refractivity contribution in [1.29, 1.82) is 0 Å². The lowest BCUT2D eigenvalue weighted by atomic mass is 10.0. The molecule has 0 aliphatic rings. The van der Waals surface area contributed by atoms with E-state index in [1.54, 1.807) is 6.07 Å². The lowest BCUT2D eigenvalue weighted by molar-refractivity contribution is 0.473. The number of nitrogens with zero attached hydrogens (tertiary/aromatic N) is 1. The number of phenolic OH excluding ortho intramolecular Hbond substituents is 1. The van der Waals surface area contributed by atoms with Crippen LogP contribution in [0.4, 0.5) is 0 Å². The van der Waals surface area contributed by atoms with Gasteiger partial charge in [0.2, 0.25) is 0 Å². The van der Waals surface area contributed by atoms with Crippen LogP contribution in [0.25, 0.3) is 11.0 Å². The van der Waals surface area contributed by atoms with Crippen molar-refractivity contribution in [2.24, 2.45) is 0 Å². The molecule has 3 aromatic rings. The van der Waals surface area contributed by atoms with Crippen molar-refractivity contribution >= 4 is 22.6 Å². The van der Waals surface area contributed by atoms with Crippen LogP contribution in [-0.2, 0) is 12.8 Å². The van der Waals surface area contributed by atoms with Crippen LogP contribution in [-0.4, -0.2) is 10.1 Å². The molecule has 1 aromatic carbocycles. The van der Waals surface area contributed by atoms with Crippen LogP contribution in [0.1, 0.15) is 17.0 Å². The quantitative estimate of drug-likeness (QED) is 0.749. The molecule has 0 saturated heterocycles. The summed E-state index contributed by atoms with van der Waals surface area (Å²) in [6.45, 7) is 1.94. The van der Waals surface area contributed by atoms with E-state index >= 15 is 0 Å². The number of phenols is 1. The molecule has 0 bridgehead atoms. The van der Waals surface area contributed by atoms with E-state index in [0.29, 0.717) is 12.8 Å². The van der Waals surface area contributed by atoms with Crippen LogP contribution in [0, 0.1) is 6.92 Å². The number of aromatic hydroxyl groups is 1. The van der Waals surface area contributed by atoms with Gasteiger partial charge in [-0.2, -0.15) is 0 Å². The van der Waals surface area contributed by atoms with Gasteiger partial charge in [-0.05, 0) is 49.6 Å². The summed E-state index contributed by atoms with van der Waals surface area (Å²) in [6, 6.07) is 10.5. The van der Waals surface area contributed by atoms with Gasteiger partial charge in [-0.25, -0.2) is 4.79 Å². The Morgan fingerprint density at radius 1 is 1.23 bits per heavy atom. The zero-order valence-corrected chi connectivity index (χ0v) is 12.7. The molecule has 22 heavy (non-hydrogen) atoms. The maximum absolute atomic E-state index is 11.7. The van der Waals surface area contributed by atoms with Gasteiger partial charge in [-0.1, -0.05) is 17.7 Å². The molecule has 0 fully saturated rings. The molecule has 112 valence electrons. The standard InChI is InChI=1S/C17H14ClNO3/c1-10-3-2-4-12(19-10)6-5-11-9-15(21)22-17-13(11)7-8-14(20)16(17)18/h2-4,7-9,20H,5-6H2,1H3. The molecule has 0 radical (unpaired) electrons. The Hall–Kier alpha value is -2.33. The van der Waals surface area contributed by atoms with Gasteiger partial charge in [0.25, 0.3) is 0 Å². The first-order chi connectivity index (χ1) is 10.5. The SMILES string of the molecule is Cc1cccc(CCc2cc(=O)oc3c(Cl)c(O)ccc23)n1. The fourth-order valence-corrected chi connectivity index (χ4v) is 2.66. The third-order valence-corrected chi connectivity index (χ3v) is 3.88. The molecule has 0 atom stereocenters. The highest BCUT2D eigenvalue weighted by Crippen LogP contribution is 2.32. The highest BCUT2D eigenvalue weighted by Gasteiger charge is 2.12. The predicted octanol–water partition coefficient (Wildman–Crippen LogP) is 3.64. The topological polar surface area (TPSA) is 63.3 Å². The van der Waals surface area contributed by atoms with Gasteiger partial charge >= 0.3 is 5.63 Å². The molecular formula is C17H14ClNO3. The number of fused-ring (bicyclic) bond motifs is 1. The van der Waals surface area contributed by atoms with Crippen LogP contribution < -0.4 is 5.63 Å². The molecule has 0 amide bonds. The van der Waals surface area contributed by atoms with E-state index in [9.17, 15) is 9.90 Å². The maximum Gasteiger partial charge on any atom is 0.336 e. The first-order valence-corrected chi connectivity index (χ1v) is 7.29. The second-order valence-corrected chi connectivity index (χ2v) is 5.51. The number of hydrogen-bond acceptors (Lipinski definition) is 4. The van der Waals surface area contributed by atoms with Crippen LogP contribution in [0.15, 0.2) is 45.6 Å². The average molecular weight is 316 g/mol. The first-order valence-electron chi connectivity index (χ1n) is 6.91. The summed E-state index contributed by atoms with van der Waals surface area (Å²) in [7, 11) is 0. The summed E-state index contributed by atoms with van der Waals surface area (Å²) in [6.07, 6.45) is 1.35. The normalized spacial score (nSPS) is 11.0. The molecule has 2 heterocycles. The molecule has 0 spiro atoms. The molecule has 0 aliphatic carbocycles. The van der Waals surface area contributed by atoms with E-state index in [4.69, 9.17) is 16.0 Å². The molecular weight excluding hydrogens is 302 g/mol. The average Bonchev–Trinajstić information content (AvgIpc) is 2.49. The van der Waals surface area contributed by atoms with Gasteiger partial charge in [-0.15, -0.1) is 0 Å². The summed E-state index contributed by atoms with van der Waals surface area (Å²) in [4.78, 5) is 16.2. The second-order valence-electron chi connectivity index (χ2n) is 5.14. The Morgan fingerprint density at radius 3 is 2.82 bits per heavy atom. The Morgan fingerprint density at radius 2 is 2.05 bits per heavy atom. The van der Waals surface area contributed by atoms with Crippen LogP contribution in [0.5, 0.6) is 5.75 Å². The molecule has 1 N–H and O–H groups in total. The monoisotopic (exact) mass is 315 g/mol. The van der Waals surface area contributed by atoms with E-state index in [1.165, 1.54) is 12.1 Å². The Kier molecular flexibility index (Phi) is 3.86. The Labute approximate surface area is 132 Å². The highest BCUT2D eigenvalue weighted by molar-refractivity contribution is 6.36. The number of rotatable bonds is 3. The number of benzene rings is 1. The van der Waals surface area contributed by atoms with E-state index in [2.05, 4.69) is 4.98 Å². The summed E-state index contributed by atoms with van der Waals surface area (Å²) in [5, 5.41) is 10.4.